The van der Waals surface area contributed by atoms with Gasteiger partial charge in [0.05, 0.1) is 5.41 Å². The molecule has 5 heteroatoms. The van der Waals surface area contributed by atoms with E-state index in [4.69, 9.17) is 16.1 Å². The van der Waals surface area contributed by atoms with Crippen molar-refractivity contribution < 1.29 is 4.52 Å². The number of hydrogen-bond acceptors (Lipinski definition) is 4. The van der Waals surface area contributed by atoms with Gasteiger partial charge in [-0.2, -0.15) is 4.98 Å². The van der Waals surface area contributed by atoms with Crippen LogP contribution in [0, 0.1) is 5.92 Å². The summed E-state index contributed by atoms with van der Waals surface area (Å²) in [6.07, 6.45) is 1.69. The maximum absolute atomic E-state index is 6.01. The zero-order chi connectivity index (χ0) is 14.9. The van der Waals surface area contributed by atoms with E-state index in [1.807, 2.05) is 24.3 Å². The highest BCUT2D eigenvalue weighted by atomic mass is 35.5. The van der Waals surface area contributed by atoms with Crippen molar-refractivity contribution >= 4 is 11.6 Å². The third-order valence-corrected chi connectivity index (χ3v) is 4.67. The molecule has 0 radical (unpaired) electrons. The van der Waals surface area contributed by atoms with Crippen molar-refractivity contribution in [1.29, 1.82) is 0 Å². The van der Waals surface area contributed by atoms with E-state index < -0.39 is 0 Å². The Labute approximate surface area is 129 Å². The van der Waals surface area contributed by atoms with Crippen molar-refractivity contribution in [3.8, 4) is 0 Å². The van der Waals surface area contributed by atoms with Gasteiger partial charge in [-0.05, 0) is 36.6 Å². The van der Waals surface area contributed by atoms with E-state index in [0.717, 1.165) is 41.8 Å². The molecule has 1 unspecified atom stereocenters. The molecule has 1 aromatic carbocycles. The number of nitrogens with zero attached hydrogens (tertiary/aromatic N) is 2. The Morgan fingerprint density at radius 3 is 2.95 bits per heavy atom. The van der Waals surface area contributed by atoms with Crippen LogP contribution in [0.3, 0.4) is 0 Å². The Balaban J connectivity index is 1.83. The Hall–Kier alpha value is -1.39. The molecule has 0 spiro atoms. The van der Waals surface area contributed by atoms with Crippen LogP contribution in [0.1, 0.15) is 37.5 Å². The van der Waals surface area contributed by atoms with Gasteiger partial charge in [-0.3, -0.25) is 0 Å². The Morgan fingerprint density at radius 1 is 1.43 bits per heavy atom. The largest absolute Gasteiger partial charge is 0.339 e. The first kappa shape index (κ1) is 14.5. The second kappa shape index (κ2) is 5.78. The average molecular weight is 306 g/mol. The van der Waals surface area contributed by atoms with Gasteiger partial charge in [-0.15, -0.1) is 0 Å². The summed E-state index contributed by atoms with van der Waals surface area (Å²) in [7, 11) is 0. The van der Waals surface area contributed by atoms with Gasteiger partial charge in [-0.1, -0.05) is 42.7 Å². The minimum Gasteiger partial charge on any atom is -0.339 e. The molecule has 1 aliphatic rings. The van der Waals surface area contributed by atoms with Gasteiger partial charge in [0.2, 0.25) is 5.89 Å². The van der Waals surface area contributed by atoms with Gasteiger partial charge in [0.15, 0.2) is 5.82 Å². The van der Waals surface area contributed by atoms with Crippen molar-refractivity contribution in [2.75, 3.05) is 13.1 Å². The highest BCUT2D eigenvalue weighted by Crippen LogP contribution is 2.36. The molecule has 1 N–H and O–H groups in total. The van der Waals surface area contributed by atoms with Crippen LogP contribution in [0.15, 0.2) is 28.8 Å². The highest BCUT2D eigenvalue weighted by Gasteiger charge is 2.43. The quantitative estimate of drug-likeness (QED) is 0.942. The highest BCUT2D eigenvalue weighted by molar-refractivity contribution is 6.30. The molecular weight excluding hydrogens is 286 g/mol. The fourth-order valence-corrected chi connectivity index (χ4v) is 3.20. The zero-order valence-corrected chi connectivity index (χ0v) is 13.2. The first-order chi connectivity index (χ1) is 10.1. The average Bonchev–Trinajstić information content (AvgIpc) is 3.07. The van der Waals surface area contributed by atoms with Gasteiger partial charge in [0.1, 0.15) is 0 Å². The fraction of sp³-hybridized carbons (Fsp3) is 0.500. The minimum absolute atomic E-state index is 0.0282. The van der Waals surface area contributed by atoms with E-state index in [-0.39, 0.29) is 5.41 Å². The number of rotatable bonds is 4. The Morgan fingerprint density at radius 2 is 2.29 bits per heavy atom. The summed E-state index contributed by atoms with van der Waals surface area (Å²) in [6, 6.07) is 7.77. The second-order valence-corrected chi connectivity index (χ2v) is 6.50. The van der Waals surface area contributed by atoms with Crippen LogP contribution in [0.25, 0.3) is 0 Å². The summed E-state index contributed by atoms with van der Waals surface area (Å²) < 4.78 is 5.58. The van der Waals surface area contributed by atoms with Gasteiger partial charge in [0, 0.05) is 18.0 Å². The third kappa shape index (κ3) is 2.83. The normalized spacial score (nSPS) is 22.1. The molecule has 1 aliphatic heterocycles. The van der Waals surface area contributed by atoms with Gasteiger partial charge in [-0.25, -0.2) is 0 Å². The maximum Gasteiger partial charge on any atom is 0.234 e. The van der Waals surface area contributed by atoms with Crippen molar-refractivity contribution in [2.45, 2.75) is 32.1 Å². The third-order valence-electron chi connectivity index (χ3n) is 4.44. The minimum atomic E-state index is -0.0282. The lowest BCUT2D eigenvalue weighted by Crippen LogP contribution is -2.35. The number of hydrogen-bond donors (Lipinski definition) is 1. The molecule has 112 valence electrons. The smallest absolute Gasteiger partial charge is 0.234 e. The molecular formula is C16H20ClN3O. The molecule has 1 saturated heterocycles. The van der Waals surface area contributed by atoms with Crippen molar-refractivity contribution in [1.82, 2.24) is 15.5 Å². The standard InChI is InChI=1S/C16H20ClN3O/c1-11(2)16(6-7-18-10-16)15-19-14(20-21-15)9-12-4-3-5-13(17)8-12/h3-5,8,11,18H,6-7,9-10H2,1-2H3. The van der Waals surface area contributed by atoms with Crippen LogP contribution < -0.4 is 5.32 Å². The summed E-state index contributed by atoms with van der Waals surface area (Å²) in [5, 5.41) is 8.30. The van der Waals surface area contributed by atoms with Crippen LogP contribution in [-0.4, -0.2) is 23.2 Å². The van der Waals surface area contributed by atoms with Crippen LogP contribution in [0.2, 0.25) is 5.02 Å². The number of benzene rings is 1. The molecule has 0 bridgehead atoms. The lowest BCUT2D eigenvalue weighted by atomic mass is 9.76. The van der Waals surface area contributed by atoms with Crippen LogP contribution in [0.5, 0.6) is 0 Å². The van der Waals surface area contributed by atoms with Gasteiger partial charge in [0.25, 0.3) is 0 Å². The van der Waals surface area contributed by atoms with E-state index in [2.05, 4.69) is 29.3 Å². The predicted octanol–water partition coefficient (Wildman–Crippen LogP) is 3.20. The first-order valence-corrected chi connectivity index (χ1v) is 7.76. The molecule has 1 fully saturated rings. The van der Waals surface area contributed by atoms with Crippen LogP contribution in [-0.2, 0) is 11.8 Å². The van der Waals surface area contributed by atoms with Crippen molar-refractivity contribution in [3.05, 3.63) is 46.6 Å². The lowest BCUT2D eigenvalue weighted by molar-refractivity contribution is 0.234. The van der Waals surface area contributed by atoms with Gasteiger partial charge >= 0.3 is 0 Å². The lowest BCUT2D eigenvalue weighted by Gasteiger charge is -2.28. The molecule has 1 atom stereocenters. The summed E-state index contributed by atoms with van der Waals surface area (Å²) >= 11 is 6.01. The number of nitrogens with one attached hydrogen (secondary N) is 1. The molecule has 0 amide bonds. The molecule has 2 aromatic rings. The zero-order valence-electron chi connectivity index (χ0n) is 12.4. The van der Waals surface area contributed by atoms with E-state index in [1.165, 1.54) is 0 Å². The Bertz CT molecular complexity index is 617. The first-order valence-electron chi connectivity index (χ1n) is 7.38. The summed E-state index contributed by atoms with van der Waals surface area (Å²) in [5.74, 6) is 1.95. The van der Waals surface area contributed by atoms with E-state index in [0.29, 0.717) is 12.3 Å². The Kier molecular flexibility index (Phi) is 4.00. The molecule has 2 heterocycles. The molecule has 21 heavy (non-hydrogen) atoms. The number of aromatic nitrogens is 2. The summed E-state index contributed by atoms with van der Waals surface area (Å²) in [4.78, 5) is 4.65. The topological polar surface area (TPSA) is 51.0 Å². The monoisotopic (exact) mass is 305 g/mol. The fourth-order valence-electron chi connectivity index (χ4n) is 2.99. The van der Waals surface area contributed by atoms with Crippen molar-refractivity contribution in [2.24, 2.45) is 5.92 Å². The molecule has 0 aliphatic carbocycles. The van der Waals surface area contributed by atoms with E-state index in [9.17, 15) is 0 Å². The molecule has 0 saturated carbocycles. The number of halogens is 1. The van der Waals surface area contributed by atoms with E-state index >= 15 is 0 Å². The predicted molar refractivity (Wildman–Crippen MR) is 82.6 cm³/mol. The maximum atomic E-state index is 6.01. The molecule has 1 aromatic heterocycles. The second-order valence-electron chi connectivity index (χ2n) is 6.06. The van der Waals surface area contributed by atoms with E-state index in [1.54, 1.807) is 0 Å². The van der Waals surface area contributed by atoms with Gasteiger partial charge < -0.3 is 9.84 Å². The van der Waals surface area contributed by atoms with Crippen LogP contribution >= 0.6 is 11.6 Å². The summed E-state index contributed by atoms with van der Waals surface area (Å²) in [6.45, 7) is 6.34. The SMILES string of the molecule is CC(C)C1(c2nc(Cc3cccc(Cl)c3)no2)CCNC1. The summed E-state index contributed by atoms with van der Waals surface area (Å²) in [5.41, 5.74) is 1.07. The van der Waals surface area contributed by atoms with Crippen LogP contribution in [0.4, 0.5) is 0 Å². The molecule has 4 nitrogen and oxygen atoms in total. The molecule has 3 rings (SSSR count). The van der Waals surface area contributed by atoms with Crippen molar-refractivity contribution in [3.63, 3.8) is 0 Å².